The molecule has 0 saturated carbocycles. The summed E-state index contributed by atoms with van der Waals surface area (Å²) >= 11 is 1.49. The van der Waals surface area contributed by atoms with Crippen molar-refractivity contribution in [1.82, 2.24) is 10.3 Å². The fraction of sp³-hybridized carbons (Fsp3) is 0.615. The van der Waals surface area contributed by atoms with Gasteiger partial charge in [0.25, 0.3) is 0 Å². The van der Waals surface area contributed by atoms with Gasteiger partial charge in [-0.2, -0.15) is 13.2 Å². The summed E-state index contributed by atoms with van der Waals surface area (Å²) in [4.78, 5) is 3.83. The minimum Gasteiger partial charge on any atom is -0.315 e. The van der Waals surface area contributed by atoms with E-state index in [4.69, 9.17) is 0 Å². The van der Waals surface area contributed by atoms with Gasteiger partial charge < -0.3 is 5.32 Å². The Bertz CT molecular complexity index is 365. The van der Waals surface area contributed by atoms with Crippen molar-refractivity contribution in [2.24, 2.45) is 0 Å². The van der Waals surface area contributed by atoms with Gasteiger partial charge in [0.15, 0.2) is 0 Å². The molecule has 1 aromatic heterocycles. The highest BCUT2D eigenvalue weighted by atomic mass is 32.2. The lowest BCUT2D eigenvalue weighted by atomic mass is 10.2. The smallest absolute Gasteiger partial charge is 0.315 e. The summed E-state index contributed by atoms with van der Waals surface area (Å²) in [5.74, 6) is 0.869. The fourth-order valence-electron chi connectivity index (χ4n) is 1.65. The maximum Gasteiger partial charge on any atom is 0.417 e. The molecule has 0 amide bonds. The zero-order chi connectivity index (χ0) is 14.3. The number of halogens is 3. The summed E-state index contributed by atoms with van der Waals surface area (Å²) in [5, 5.41) is 3.96. The summed E-state index contributed by atoms with van der Waals surface area (Å²) < 4.78 is 37.0. The lowest BCUT2D eigenvalue weighted by Gasteiger charge is -2.11. The third-order valence-electron chi connectivity index (χ3n) is 2.65. The van der Waals surface area contributed by atoms with Gasteiger partial charge in [0.2, 0.25) is 0 Å². The van der Waals surface area contributed by atoms with Gasteiger partial charge >= 0.3 is 6.18 Å². The van der Waals surface area contributed by atoms with Crippen LogP contribution in [0.4, 0.5) is 13.2 Å². The second-order valence-electron chi connectivity index (χ2n) is 4.33. The Hall–Kier alpha value is -0.750. The number of nitrogens with one attached hydrogen (secondary N) is 1. The van der Waals surface area contributed by atoms with Gasteiger partial charge in [-0.15, -0.1) is 11.8 Å². The van der Waals surface area contributed by atoms with Crippen LogP contribution in [-0.2, 0) is 6.18 Å². The van der Waals surface area contributed by atoms with Crippen molar-refractivity contribution in [3.63, 3.8) is 0 Å². The second-order valence-corrected chi connectivity index (χ2v) is 5.45. The molecule has 108 valence electrons. The Kier molecular flexibility index (Phi) is 6.65. The van der Waals surface area contributed by atoms with Gasteiger partial charge in [-0.05, 0) is 44.2 Å². The Morgan fingerprint density at radius 2 is 2.11 bits per heavy atom. The first-order valence-corrected chi connectivity index (χ1v) is 7.31. The third-order valence-corrected chi connectivity index (χ3v) is 3.68. The number of hydrogen-bond acceptors (Lipinski definition) is 3. The van der Waals surface area contributed by atoms with E-state index in [2.05, 4.69) is 24.1 Å². The van der Waals surface area contributed by atoms with Gasteiger partial charge in [0.1, 0.15) is 0 Å². The van der Waals surface area contributed by atoms with Gasteiger partial charge in [-0.1, -0.05) is 6.92 Å². The molecule has 1 rings (SSSR count). The minimum atomic E-state index is -4.31. The van der Waals surface area contributed by atoms with Gasteiger partial charge in [0, 0.05) is 12.2 Å². The standard InChI is InChI=1S/C13H19F3N2S/c1-3-17-10(2)5-4-8-19-12-7-6-11(9-18-12)13(14,15)16/h6-7,9-10,17H,3-5,8H2,1-2H3. The molecule has 0 aliphatic rings. The highest BCUT2D eigenvalue weighted by Crippen LogP contribution is 2.29. The number of aromatic nitrogens is 1. The normalized spacial score (nSPS) is 13.5. The number of thioether (sulfide) groups is 1. The molecule has 0 saturated heterocycles. The van der Waals surface area contributed by atoms with E-state index in [-0.39, 0.29) is 0 Å². The highest BCUT2D eigenvalue weighted by molar-refractivity contribution is 7.99. The number of hydrogen-bond donors (Lipinski definition) is 1. The topological polar surface area (TPSA) is 24.9 Å². The summed E-state index contributed by atoms with van der Waals surface area (Å²) in [7, 11) is 0. The minimum absolute atomic E-state index is 0.478. The molecule has 0 aliphatic heterocycles. The van der Waals surface area contributed by atoms with Crippen molar-refractivity contribution in [2.75, 3.05) is 12.3 Å². The first-order chi connectivity index (χ1) is 8.93. The molecule has 1 aromatic rings. The first kappa shape index (κ1) is 16.3. The molecule has 1 unspecified atom stereocenters. The van der Waals surface area contributed by atoms with E-state index in [1.165, 1.54) is 17.8 Å². The highest BCUT2D eigenvalue weighted by Gasteiger charge is 2.30. The predicted molar refractivity (Wildman–Crippen MR) is 72.3 cm³/mol. The maximum atomic E-state index is 12.3. The summed E-state index contributed by atoms with van der Waals surface area (Å²) in [6.45, 7) is 5.15. The molecule has 0 fully saturated rings. The van der Waals surface area contributed by atoms with E-state index in [1.807, 2.05) is 0 Å². The first-order valence-electron chi connectivity index (χ1n) is 6.33. The summed E-state index contributed by atoms with van der Waals surface area (Å²) in [5.41, 5.74) is -0.697. The van der Waals surface area contributed by atoms with Crippen molar-refractivity contribution in [3.05, 3.63) is 23.9 Å². The van der Waals surface area contributed by atoms with Crippen molar-refractivity contribution in [2.45, 2.75) is 43.9 Å². The molecule has 1 atom stereocenters. The number of pyridine rings is 1. The lowest BCUT2D eigenvalue weighted by Crippen LogP contribution is -2.25. The van der Waals surface area contributed by atoms with Gasteiger partial charge in [-0.3, -0.25) is 0 Å². The quantitative estimate of drug-likeness (QED) is 0.608. The Morgan fingerprint density at radius 3 is 2.63 bits per heavy atom. The van der Waals surface area contributed by atoms with Crippen LogP contribution in [0.15, 0.2) is 23.4 Å². The van der Waals surface area contributed by atoms with E-state index in [9.17, 15) is 13.2 Å². The third kappa shape index (κ3) is 6.29. The van der Waals surface area contributed by atoms with Crippen LogP contribution in [0.25, 0.3) is 0 Å². The Labute approximate surface area is 116 Å². The van der Waals surface area contributed by atoms with E-state index < -0.39 is 11.7 Å². The van der Waals surface area contributed by atoms with Gasteiger partial charge in [-0.25, -0.2) is 4.98 Å². The number of alkyl halides is 3. The Morgan fingerprint density at radius 1 is 1.37 bits per heavy atom. The summed E-state index contributed by atoms with van der Waals surface area (Å²) in [6, 6.07) is 2.99. The molecule has 1 N–H and O–H groups in total. The SMILES string of the molecule is CCNC(C)CCCSc1ccc(C(F)(F)F)cn1. The zero-order valence-corrected chi connectivity index (χ0v) is 11.9. The lowest BCUT2D eigenvalue weighted by molar-refractivity contribution is -0.137. The van der Waals surface area contributed by atoms with Crippen LogP contribution in [0.5, 0.6) is 0 Å². The van der Waals surface area contributed by atoms with E-state index in [0.29, 0.717) is 11.1 Å². The van der Waals surface area contributed by atoms with Crippen LogP contribution in [0, 0.1) is 0 Å². The van der Waals surface area contributed by atoms with E-state index in [1.54, 1.807) is 0 Å². The molecular weight excluding hydrogens is 273 g/mol. The zero-order valence-electron chi connectivity index (χ0n) is 11.1. The molecular formula is C13H19F3N2S. The van der Waals surface area contributed by atoms with Crippen molar-refractivity contribution in [3.8, 4) is 0 Å². The van der Waals surface area contributed by atoms with Crippen LogP contribution in [-0.4, -0.2) is 23.3 Å². The molecule has 0 bridgehead atoms. The second kappa shape index (κ2) is 7.75. The average Bonchev–Trinajstić information content (AvgIpc) is 2.34. The van der Waals surface area contributed by atoms with Crippen molar-refractivity contribution in [1.29, 1.82) is 0 Å². The summed E-state index contributed by atoms with van der Waals surface area (Å²) in [6.07, 6.45) is -1.34. The fourth-order valence-corrected chi connectivity index (χ4v) is 2.46. The molecule has 0 radical (unpaired) electrons. The van der Waals surface area contributed by atoms with E-state index >= 15 is 0 Å². The van der Waals surface area contributed by atoms with Crippen LogP contribution < -0.4 is 5.32 Å². The van der Waals surface area contributed by atoms with E-state index in [0.717, 1.165) is 37.4 Å². The van der Waals surface area contributed by atoms with Crippen LogP contribution in [0.1, 0.15) is 32.3 Å². The van der Waals surface area contributed by atoms with Gasteiger partial charge in [0.05, 0.1) is 10.6 Å². The van der Waals surface area contributed by atoms with Crippen molar-refractivity contribution < 1.29 is 13.2 Å². The Balaban J connectivity index is 2.31. The van der Waals surface area contributed by atoms with Crippen molar-refractivity contribution >= 4 is 11.8 Å². The number of nitrogens with zero attached hydrogens (tertiary/aromatic N) is 1. The average molecular weight is 292 g/mol. The number of rotatable bonds is 7. The molecule has 2 nitrogen and oxygen atoms in total. The molecule has 0 aromatic carbocycles. The van der Waals surface area contributed by atoms with Crippen LogP contribution in [0.3, 0.4) is 0 Å². The molecule has 1 heterocycles. The monoisotopic (exact) mass is 292 g/mol. The molecule has 19 heavy (non-hydrogen) atoms. The maximum absolute atomic E-state index is 12.3. The molecule has 0 aliphatic carbocycles. The largest absolute Gasteiger partial charge is 0.417 e. The van der Waals surface area contributed by atoms with Crippen LogP contribution in [0.2, 0.25) is 0 Å². The molecule has 6 heteroatoms. The molecule has 0 spiro atoms. The predicted octanol–water partition coefficient (Wildman–Crippen LogP) is 3.97. The van der Waals surface area contributed by atoms with Crippen LogP contribution >= 0.6 is 11.8 Å².